The van der Waals surface area contributed by atoms with Crippen LogP contribution in [0.1, 0.15) is 0 Å². The van der Waals surface area contributed by atoms with E-state index in [1.165, 1.54) is 66.8 Å². The molecule has 0 N–H and O–H groups in total. The number of rotatable bonds is 2. The Hall–Kier alpha value is -5.73. The highest BCUT2D eigenvalue weighted by molar-refractivity contribution is 6.06. The zero-order valence-electron chi connectivity index (χ0n) is 23.3. The number of hydrogen-bond donors (Lipinski definition) is 0. The van der Waals surface area contributed by atoms with Crippen LogP contribution in [0.25, 0.3) is 88.7 Å². The molecule has 2 aromatic heterocycles. The maximum Gasteiger partial charge on any atom is 0.153 e. The molecule has 8 aromatic rings. The number of furan rings is 1. The zero-order valence-corrected chi connectivity index (χ0v) is 23.3. The third-order valence-corrected chi connectivity index (χ3v) is 8.79. The Morgan fingerprint density at radius 3 is 1.40 bits per heavy atom. The topological polar surface area (TPSA) is 26.0 Å². The van der Waals surface area contributed by atoms with E-state index in [2.05, 4.69) is 138 Å². The van der Waals surface area contributed by atoms with Gasteiger partial charge < -0.3 is 4.42 Å². The largest absolute Gasteiger partial charge is 0.454 e. The van der Waals surface area contributed by atoms with Gasteiger partial charge in [-0.2, -0.15) is 0 Å². The normalized spacial score (nSPS) is 11.7. The third-order valence-electron chi connectivity index (χ3n) is 8.79. The average molecular weight is 548 g/mol. The molecule has 43 heavy (non-hydrogen) atoms. The Balaban J connectivity index is 1.17. The molecule has 200 valence electrons. The van der Waals surface area contributed by atoms with Gasteiger partial charge in [0.15, 0.2) is 5.58 Å². The first-order chi connectivity index (χ1) is 21.3. The van der Waals surface area contributed by atoms with Gasteiger partial charge >= 0.3 is 0 Å². The van der Waals surface area contributed by atoms with Gasteiger partial charge in [0.1, 0.15) is 5.58 Å². The lowest BCUT2D eigenvalue weighted by Gasteiger charge is -2.23. The van der Waals surface area contributed by atoms with E-state index in [0.29, 0.717) is 0 Å². The molecular formula is C41H25NO. The molecule has 0 fully saturated rings. The van der Waals surface area contributed by atoms with Crippen LogP contribution >= 0.6 is 0 Å². The quantitative estimate of drug-likeness (QED) is 0.215. The number of hydrogen-bond acceptors (Lipinski definition) is 2. The smallest absolute Gasteiger partial charge is 0.153 e. The second-order valence-electron chi connectivity index (χ2n) is 11.2. The van der Waals surface area contributed by atoms with E-state index in [9.17, 15) is 0 Å². The van der Waals surface area contributed by atoms with Gasteiger partial charge in [-0.05, 0) is 91.0 Å². The Morgan fingerprint density at radius 2 is 0.814 bits per heavy atom. The molecule has 0 radical (unpaired) electrons. The van der Waals surface area contributed by atoms with Crippen LogP contribution < -0.4 is 0 Å². The van der Waals surface area contributed by atoms with Gasteiger partial charge in [-0.1, -0.05) is 115 Å². The molecule has 0 aliphatic heterocycles. The summed E-state index contributed by atoms with van der Waals surface area (Å²) in [6.07, 6.45) is 3.60. The van der Waals surface area contributed by atoms with Crippen LogP contribution in [0, 0.1) is 0 Å². The summed E-state index contributed by atoms with van der Waals surface area (Å²) in [5.74, 6) is 0. The summed E-state index contributed by atoms with van der Waals surface area (Å²) in [5, 5.41) is 2.20. The van der Waals surface area contributed by atoms with Crippen molar-refractivity contribution in [2.75, 3.05) is 0 Å². The van der Waals surface area contributed by atoms with Gasteiger partial charge in [-0.25, -0.2) is 0 Å². The molecule has 6 aromatic carbocycles. The highest BCUT2D eigenvalue weighted by Gasteiger charge is 2.21. The first kappa shape index (κ1) is 23.9. The van der Waals surface area contributed by atoms with Crippen molar-refractivity contribution in [3.05, 3.63) is 152 Å². The Morgan fingerprint density at radius 1 is 0.349 bits per heavy atom. The molecule has 9 rings (SSSR count). The van der Waals surface area contributed by atoms with Gasteiger partial charge in [0.2, 0.25) is 0 Å². The summed E-state index contributed by atoms with van der Waals surface area (Å²) in [6, 6.07) is 50.6. The highest BCUT2D eigenvalue weighted by atomic mass is 16.3. The lowest BCUT2D eigenvalue weighted by molar-refractivity contribution is 0.667. The minimum Gasteiger partial charge on any atom is -0.454 e. The molecular weight excluding hydrogens is 522 g/mol. The molecule has 0 amide bonds. The minimum absolute atomic E-state index is 0.816. The van der Waals surface area contributed by atoms with Gasteiger partial charge in [0, 0.05) is 17.0 Å². The first-order valence-corrected chi connectivity index (χ1v) is 14.6. The van der Waals surface area contributed by atoms with Crippen LogP contribution in [-0.4, -0.2) is 4.98 Å². The van der Waals surface area contributed by atoms with Gasteiger partial charge in [0.25, 0.3) is 0 Å². The minimum atomic E-state index is 0.816. The number of benzene rings is 6. The van der Waals surface area contributed by atoms with Crippen molar-refractivity contribution >= 4 is 21.9 Å². The SMILES string of the molecule is c1ccc2c(c1)-c1ccccc1-c1ccc(-c3ccc(-c4ccc5oc6cnccc6c5c4)cc3)cc1-c1ccccc1-2. The van der Waals surface area contributed by atoms with Crippen LogP contribution in [0.2, 0.25) is 0 Å². The average Bonchev–Trinajstić information content (AvgIpc) is 3.46. The second-order valence-corrected chi connectivity index (χ2v) is 11.2. The second kappa shape index (κ2) is 9.40. The molecule has 0 saturated heterocycles. The van der Waals surface area contributed by atoms with Crippen LogP contribution in [0.4, 0.5) is 0 Å². The monoisotopic (exact) mass is 547 g/mol. The van der Waals surface area contributed by atoms with Gasteiger partial charge in [-0.3, -0.25) is 4.98 Å². The van der Waals surface area contributed by atoms with Gasteiger partial charge in [0.05, 0.1) is 6.20 Å². The summed E-state index contributed by atoms with van der Waals surface area (Å²) in [7, 11) is 0. The lowest BCUT2D eigenvalue weighted by atomic mass is 9.80. The standard InChI is InChI=1S/C41H25NO/c1-2-8-31-30(7-1)32-9-3-4-11-34(32)36-19-17-28(23-38(36)35-12-6-5-10-33(31)35)26-13-15-27(16-14-26)29-18-20-40-39(24-29)37-21-22-42-25-41(37)43-40/h1-25H. The molecule has 1 aliphatic carbocycles. The van der Waals surface area contributed by atoms with Crippen molar-refractivity contribution in [2.45, 2.75) is 0 Å². The molecule has 0 spiro atoms. The van der Waals surface area contributed by atoms with Crippen LogP contribution in [0.15, 0.2) is 156 Å². The Labute approximate surface area is 249 Å². The zero-order chi connectivity index (χ0) is 28.3. The van der Waals surface area contributed by atoms with Crippen molar-refractivity contribution in [3.63, 3.8) is 0 Å². The Kier molecular flexibility index (Phi) is 5.23. The van der Waals surface area contributed by atoms with Crippen LogP contribution in [-0.2, 0) is 0 Å². The molecule has 2 heteroatoms. The first-order valence-electron chi connectivity index (χ1n) is 14.6. The molecule has 1 aliphatic rings. The van der Waals surface area contributed by atoms with E-state index in [1.54, 1.807) is 6.20 Å². The van der Waals surface area contributed by atoms with E-state index < -0.39 is 0 Å². The summed E-state index contributed by atoms with van der Waals surface area (Å²) in [5.41, 5.74) is 16.5. The summed E-state index contributed by atoms with van der Waals surface area (Å²) in [4.78, 5) is 4.20. The fourth-order valence-corrected chi connectivity index (χ4v) is 6.71. The van der Waals surface area contributed by atoms with Crippen molar-refractivity contribution in [2.24, 2.45) is 0 Å². The highest BCUT2D eigenvalue weighted by Crippen LogP contribution is 2.48. The van der Waals surface area contributed by atoms with Crippen LogP contribution in [0.5, 0.6) is 0 Å². The molecule has 0 bridgehead atoms. The summed E-state index contributed by atoms with van der Waals surface area (Å²) < 4.78 is 5.99. The summed E-state index contributed by atoms with van der Waals surface area (Å²) >= 11 is 0. The van der Waals surface area contributed by atoms with Crippen molar-refractivity contribution in [3.8, 4) is 66.8 Å². The van der Waals surface area contributed by atoms with E-state index >= 15 is 0 Å². The number of pyridine rings is 1. The molecule has 2 heterocycles. The molecule has 2 nitrogen and oxygen atoms in total. The maximum absolute atomic E-state index is 5.99. The van der Waals surface area contributed by atoms with E-state index in [-0.39, 0.29) is 0 Å². The fraction of sp³-hybridized carbons (Fsp3) is 0. The summed E-state index contributed by atoms with van der Waals surface area (Å²) in [6.45, 7) is 0. The lowest BCUT2D eigenvalue weighted by Crippen LogP contribution is -1.97. The molecule has 0 unspecified atom stereocenters. The van der Waals surface area contributed by atoms with Gasteiger partial charge in [-0.15, -0.1) is 0 Å². The van der Waals surface area contributed by atoms with Crippen LogP contribution in [0.3, 0.4) is 0 Å². The molecule has 0 saturated carbocycles. The number of fused-ring (bicyclic) bond motifs is 11. The predicted octanol–water partition coefficient (Wildman–Crippen LogP) is 11.3. The fourth-order valence-electron chi connectivity index (χ4n) is 6.71. The van der Waals surface area contributed by atoms with Crippen molar-refractivity contribution in [1.82, 2.24) is 4.98 Å². The van der Waals surface area contributed by atoms with Crippen molar-refractivity contribution < 1.29 is 4.42 Å². The van der Waals surface area contributed by atoms with Crippen molar-refractivity contribution in [1.29, 1.82) is 0 Å². The maximum atomic E-state index is 5.99. The van der Waals surface area contributed by atoms with E-state index in [1.807, 2.05) is 12.3 Å². The van der Waals surface area contributed by atoms with E-state index in [4.69, 9.17) is 4.42 Å². The number of aromatic nitrogens is 1. The number of nitrogens with zero attached hydrogens (tertiary/aromatic N) is 1. The third kappa shape index (κ3) is 3.77. The predicted molar refractivity (Wildman–Crippen MR) is 178 cm³/mol. The molecule has 0 atom stereocenters. The Bertz CT molecular complexity index is 2340. The van der Waals surface area contributed by atoms with E-state index in [0.717, 1.165) is 21.9 Å².